The van der Waals surface area contributed by atoms with Crippen molar-refractivity contribution in [3.8, 4) is 5.75 Å². The van der Waals surface area contributed by atoms with E-state index >= 15 is 0 Å². The molecule has 6 heteroatoms. The number of hydrogen-bond donors (Lipinski definition) is 1. The fourth-order valence-corrected chi connectivity index (χ4v) is 3.17. The van der Waals surface area contributed by atoms with Crippen LogP contribution in [0.4, 0.5) is 4.39 Å². The number of nitrogens with two attached hydrogens (primary N) is 1. The lowest BCUT2D eigenvalue weighted by Gasteiger charge is -2.23. The number of ether oxygens (including phenoxy) is 1. The first kappa shape index (κ1) is 22.2. The maximum absolute atomic E-state index is 13.2. The van der Waals surface area contributed by atoms with Crippen molar-refractivity contribution in [2.24, 2.45) is 5.73 Å². The Morgan fingerprint density at radius 3 is 2.42 bits per heavy atom. The molecule has 0 aliphatic rings. The third-order valence-corrected chi connectivity index (χ3v) is 4.83. The molecule has 0 aliphatic carbocycles. The molecule has 160 valence electrons. The van der Waals surface area contributed by atoms with Crippen LogP contribution in [0.25, 0.3) is 0 Å². The van der Waals surface area contributed by atoms with Gasteiger partial charge in [-0.15, -0.1) is 0 Å². The summed E-state index contributed by atoms with van der Waals surface area (Å²) in [4.78, 5) is 26.4. The summed E-state index contributed by atoms with van der Waals surface area (Å²) in [7, 11) is 0. The van der Waals surface area contributed by atoms with Gasteiger partial charge in [0.05, 0.1) is 5.56 Å². The van der Waals surface area contributed by atoms with Crippen LogP contribution >= 0.6 is 0 Å². The zero-order valence-corrected chi connectivity index (χ0v) is 17.2. The van der Waals surface area contributed by atoms with Crippen molar-refractivity contribution >= 4 is 12.2 Å². The van der Waals surface area contributed by atoms with Gasteiger partial charge >= 0.3 is 0 Å². The molecule has 0 radical (unpaired) electrons. The molecule has 0 bridgehead atoms. The van der Waals surface area contributed by atoms with E-state index in [1.807, 2.05) is 30.3 Å². The van der Waals surface area contributed by atoms with E-state index in [2.05, 4.69) is 0 Å². The van der Waals surface area contributed by atoms with Gasteiger partial charge in [0.25, 0.3) is 5.91 Å². The molecular weight excluding hydrogens is 395 g/mol. The van der Waals surface area contributed by atoms with Gasteiger partial charge in [-0.25, -0.2) is 4.39 Å². The zero-order valence-electron chi connectivity index (χ0n) is 17.2. The molecule has 0 heterocycles. The van der Waals surface area contributed by atoms with Crippen molar-refractivity contribution in [2.75, 3.05) is 13.1 Å². The van der Waals surface area contributed by atoms with E-state index in [0.29, 0.717) is 55.8 Å². The lowest BCUT2D eigenvalue weighted by atomic mass is 10.1. The number of carbonyl (C=O) groups is 2. The third kappa shape index (κ3) is 6.23. The van der Waals surface area contributed by atoms with Crippen molar-refractivity contribution in [1.29, 1.82) is 0 Å². The summed E-state index contributed by atoms with van der Waals surface area (Å²) in [5.41, 5.74) is 8.10. The number of rotatable bonds is 10. The van der Waals surface area contributed by atoms with E-state index in [9.17, 15) is 14.0 Å². The van der Waals surface area contributed by atoms with E-state index in [1.165, 1.54) is 18.2 Å². The molecule has 2 N–H and O–H groups in total. The number of benzene rings is 3. The predicted octanol–water partition coefficient (Wildman–Crippen LogP) is 4.21. The van der Waals surface area contributed by atoms with Gasteiger partial charge in [-0.3, -0.25) is 9.59 Å². The zero-order chi connectivity index (χ0) is 22.1. The van der Waals surface area contributed by atoms with Gasteiger partial charge < -0.3 is 15.4 Å². The topological polar surface area (TPSA) is 72.6 Å². The summed E-state index contributed by atoms with van der Waals surface area (Å²) in [6.07, 6.45) is 1.31. The van der Waals surface area contributed by atoms with Crippen LogP contribution in [0.3, 0.4) is 0 Å². The van der Waals surface area contributed by atoms with Crippen LogP contribution in [-0.4, -0.2) is 30.2 Å². The Morgan fingerprint density at radius 2 is 1.74 bits per heavy atom. The summed E-state index contributed by atoms with van der Waals surface area (Å²) < 4.78 is 19.0. The van der Waals surface area contributed by atoms with Gasteiger partial charge in [-0.1, -0.05) is 42.5 Å². The average Bonchev–Trinajstić information content (AvgIpc) is 2.81. The molecule has 5 nitrogen and oxygen atoms in total. The van der Waals surface area contributed by atoms with E-state index in [0.717, 1.165) is 11.1 Å². The number of halogens is 1. The molecule has 0 spiro atoms. The third-order valence-electron chi connectivity index (χ3n) is 4.83. The summed E-state index contributed by atoms with van der Waals surface area (Å²) in [6.45, 7) is 1.54. The van der Waals surface area contributed by atoms with E-state index in [1.54, 1.807) is 29.2 Å². The lowest BCUT2D eigenvalue weighted by Crippen LogP contribution is -2.32. The summed E-state index contributed by atoms with van der Waals surface area (Å²) >= 11 is 0. The fraction of sp³-hybridized carbons (Fsp3) is 0.200. The van der Waals surface area contributed by atoms with E-state index in [4.69, 9.17) is 10.5 Å². The number of hydrogen-bond acceptors (Lipinski definition) is 4. The molecule has 0 aromatic heterocycles. The normalized spacial score (nSPS) is 10.5. The second-order valence-corrected chi connectivity index (χ2v) is 7.14. The van der Waals surface area contributed by atoms with Gasteiger partial charge in [-0.05, 0) is 54.4 Å². The minimum absolute atomic E-state index is 0.226. The first-order chi connectivity index (χ1) is 15.1. The molecule has 3 rings (SSSR count). The Bertz CT molecular complexity index is 1010. The number of carbonyl (C=O) groups excluding carboxylic acids is 2. The highest BCUT2D eigenvalue weighted by Crippen LogP contribution is 2.22. The molecule has 3 aromatic carbocycles. The first-order valence-electron chi connectivity index (χ1n) is 10.1. The second kappa shape index (κ2) is 11.0. The quantitative estimate of drug-likeness (QED) is 0.499. The summed E-state index contributed by atoms with van der Waals surface area (Å²) in [6, 6.07) is 20.5. The number of aldehydes is 1. The maximum atomic E-state index is 13.2. The van der Waals surface area contributed by atoms with Crippen molar-refractivity contribution in [1.82, 2.24) is 4.90 Å². The number of amides is 1. The minimum atomic E-state index is -0.328. The van der Waals surface area contributed by atoms with Crippen LogP contribution in [0.1, 0.15) is 38.3 Å². The lowest BCUT2D eigenvalue weighted by molar-refractivity contribution is 0.0742. The molecule has 0 unspecified atom stereocenters. The van der Waals surface area contributed by atoms with Crippen molar-refractivity contribution in [2.45, 2.75) is 19.6 Å². The van der Waals surface area contributed by atoms with Crippen LogP contribution in [0.2, 0.25) is 0 Å². The molecular formula is C25H25FN2O3. The van der Waals surface area contributed by atoms with Gasteiger partial charge in [-0.2, -0.15) is 0 Å². The largest absolute Gasteiger partial charge is 0.488 e. The van der Waals surface area contributed by atoms with Crippen LogP contribution in [0, 0.1) is 5.82 Å². The maximum Gasteiger partial charge on any atom is 0.254 e. The van der Waals surface area contributed by atoms with Gasteiger partial charge in [0.1, 0.15) is 18.2 Å². The number of nitrogens with zero attached hydrogens (tertiary/aromatic N) is 1. The Kier molecular flexibility index (Phi) is 7.90. The molecule has 0 aliphatic heterocycles. The van der Waals surface area contributed by atoms with Crippen LogP contribution in [0.15, 0.2) is 72.8 Å². The van der Waals surface area contributed by atoms with Gasteiger partial charge in [0.15, 0.2) is 6.29 Å². The molecule has 1 amide bonds. The van der Waals surface area contributed by atoms with Crippen molar-refractivity contribution in [3.63, 3.8) is 0 Å². The second-order valence-electron chi connectivity index (χ2n) is 7.14. The fourth-order valence-electron chi connectivity index (χ4n) is 3.17. The Morgan fingerprint density at radius 1 is 1.00 bits per heavy atom. The van der Waals surface area contributed by atoms with Crippen LogP contribution in [-0.2, 0) is 13.2 Å². The molecule has 0 saturated heterocycles. The highest BCUT2D eigenvalue weighted by molar-refractivity contribution is 5.96. The summed E-state index contributed by atoms with van der Waals surface area (Å²) in [5.74, 6) is -0.136. The minimum Gasteiger partial charge on any atom is -0.488 e. The molecule has 0 fully saturated rings. The first-order valence-corrected chi connectivity index (χ1v) is 10.1. The Hall–Kier alpha value is -3.51. The van der Waals surface area contributed by atoms with Gasteiger partial charge in [0, 0.05) is 18.7 Å². The van der Waals surface area contributed by atoms with Crippen molar-refractivity contribution in [3.05, 3.63) is 101 Å². The van der Waals surface area contributed by atoms with Crippen molar-refractivity contribution < 1.29 is 18.7 Å². The Labute approximate surface area is 181 Å². The molecule has 31 heavy (non-hydrogen) atoms. The standard InChI is InChI=1S/C25H25FN2O3/c26-23-10-7-19(8-11-23)16-28(14-4-13-27)25(30)21-9-12-24(22(15-21)17-29)31-18-20-5-2-1-3-6-20/h1-3,5-12,15,17H,4,13-14,16,18,27H2. The highest BCUT2D eigenvalue weighted by atomic mass is 19.1. The SMILES string of the molecule is NCCCN(Cc1ccc(F)cc1)C(=O)c1ccc(OCc2ccccc2)c(C=O)c1. The highest BCUT2D eigenvalue weighted by Gasteiger charge is 2.18. The van der Waals surface area contributed by atoms with Crippen LogP contribution in [0.5, 0.6) is 5.75 Å². The molecule has 0 atom stereocenters. The predicted molar refractivity (Wildman–Crippen MR) is 117 cm³/mol. The smallest absolute Gasteiger partial charge is 0.254 e. The monoisotopic (exact) mass is 420 g/mol. The van der Waals surface area contributed by atoms with Crippen LogP contribution < -0.4 is 10.5 Å². The molecule has 0 saturated carbocycles. The average molecular weight is 420 g/mol. The van der Waals surface area contributed by atoms with E-state index < -0.39 is 0 Å². The van der Waals surface area contributed by atoms with E-state index in [-0.39, 0.29) is 11.7 Å². The Balaban J connectivity index is 1.76. The summed E-state index contributed by atoms with van der Waals surface area (Å²) in [5, 5.41) is 0. The van der Waals surface area contributed by atoms with Gasteiger partial charge in [0.2, 0.25) is 0 Å². The molecule has 3 aromatic rings.